The molecule has 2 aromatic carbocycles. The van der Waals surface area contributed by atoms with Crippen LogP contribution in [0, 0.1) is 6.92 Å². The van der Waals surface area contributed by atoms with Crippen molar-refractivity contribution in [2.75, 3.05) is 12.4 Å². The molecule has 27 heavy (non-hydrogen) atoms. The molecule has 4 aromatic rings. The van der Waals surface area contributed by atoms with E-state index in [4.69, 9.17) is 4.74 Å². The number of H-pyrrole nitrogens is 1. The quantitative estimate of drug-likeness (QED) is 0.567. The van der Waals surface area contributed by atoms with Gasteiger partial charge in [-0.05, 0) is 36.2 Å². The molecular formula is C21H20N4O2. The summed E-state index contributed by atoms with van der Waals surface area (Å²) in [5, 5.41) is 4.37. The minimum absolute atomic E-state index is 0.215. The van der Waals surface area contributed by atoms with E-state index in [-0.39, 0.29) is 5.75 Å². The molecule has 0 fully saturated rings. The van der Waals surface area contributed by atoms with Gasteiger partial charge in [0.05, 0.1) is 25.5 Å². The van der Waals surface area contributed by atoms with Gasteiger partial charge < -0.3 is 19.6 Å². The average molecular weight is 360 g/mol. The highest BCUT2D eigenvalue weighted by molar-refractivity contribution is 5.93. The molecule has 6 nitrogen and oxygen atoms in total. The molecule has 0 aliphatic heterocycles. The van der Waals surface area contributed by atoms with Crippen LogP contribution < -0.4 is 15.6 Å². The lowest BCUT2D eigenvalue weighted by molar-refractivity contribution is 0.402. The molecule has 0 saturated carbocycles. The summed E-state index contributed by atoms with van der Waals surface area (Å²) in [5.41, 5.74) is 3.73. The summed E-state index contributed by atoms with van der Waals surface area (Å²) in [5.74, 6) is 0.685. The number of rotatable bonds is 5. The number of nitrogens with one attached hydrogen (secondary N) is 2. The van der Waals surface area contributed by atoms with Gasteiger partial charge in [-0.3, -0.25) is 4.79 Å². The van der Waals surface area contributed by atoms with E-state index in [1.165, 1.54) is 7.11 Å². The molecule has 0 saturated heterocycles. The van der Waals surface area contributed by atoms with E-state index in [2.05, 4.69) is 21.4 Å². The van der Waals surface area contributed by atoms with Crippen LogP contribution in [0.1, 0.15) is 11.1 Å². The van der Waals surface area contributed by atoms with Crippen molar-refractivity contribution >= 4 is 22.5 Å². The Hall–Kier alpha value is -3.54. The number of nitrogens with zero attached hydrogens (tertiary/aromatic N) is 2. The summed E-state index contributed by atoms with van der Waals surface area (Å²) in [4.78, 5) is 19.7. The van der Waals surface area contributed by atoms with E-state index in [0.717, 1.165) is 27.7 Å². The molecule has 2 aromatic heterocycles. The molecule has 0 radical (unpaired) electrons. The molecule has 6 heteroatoms. The van der Waals surface area contributed by atoms with Crippen LogP contribution in [0.3, 0.4) is 0 Å². The molecule has 0 spiro atoms. The van der Waals surface area contributed by atoms with Crippen LogP contribution in [0.25, 0.3) is 10.9 Å². The first-order valence-corrected chi connectivity index (χ1v) is 8.68. The summed E-state index contributed by atoms with van der Waals surface area (Å²) in [6, 6.07) is 16.1. The van der Waals surface area contributed by atoms with Crippen molar-refractivity contribution in [2.45, 2.75) is 13.5 Å². The van der Waals surface area contributed by atoms with Gasteiger partial charge in [-0.2, -0.15) is 4.98 Å². The fourth-order valence-electron chi connectivity index (χ4n) is 3.15. The number of ether oxygens (including phenoxy) is 1. The Kier molecular flexibility index (Phi) is 4.38. The van der Waals surface area contributed by atoms with Crippen LogP contribution in [0.15, 0.2) is 65.7 Å². The Morgan fingerprint density at radius 3 is 2.78 bits per heavy atom. The summed E-state index contributed by atoms with van der Waals surface area (Å²) in [7, 11) is 1.47. The zero-order valence-corrected chi connectivity index (χ0v) is 15.2. The van der Waals surface area contributed by atoms with Gasteiger partial charge in [0.25, 0.3) is 0 Å². The second kappa shape index (κ2) is 6.99. The van der Waals surface area contributed by atoms with Crippen LogP contribution in [-0.2, 0) is 6.54 Å². The summed E-state index contributed by atoms with van der Waals surface area (Å²) in [6.07, 6.45) is 3.59. The van der Waals surface area contributed by atoms with Crippen molar-refractivity contribution in [3.63, 3.8) is 0 Å². The average Bonchev–Trinajstić information content (AvgIpc) is 3.13. The maximum Gasteiger partial charge on any atom is 0.316 e. The normalized spacial score (nSPS) is 10.9. The van der Waals surface area contributed by atoms with Gasteiger partial charge in [0, 0.05) is 17.1 Å². The molecule has 136 valence electrons. The maximum atomic E-state index is 12.3. The second-order valence-electron chi connectivity index (χ2n) is 6.43. The Bertz CT molecular complexity index is 1150. The van der Waals surface area contributed by atoms with Crippen molar-refractivity contribution in [2.24, 2.45) is 0 Å². The number of hydrogen-bond acceptors (Lipinski definition) is 4. The highest BCUT2D eigenvalue weighted by atomic mass is 16.5. The van der Waals surface area contributed by atoms with E-state index < -0.39 is 5.56 Å². The Morgan fingerprint density at radius 1 is 1.19 bits per heavy atom. The number of hydrogen-bond donors (Lipinski definition) is 2. The Balaban J connectivity index is 1.80. The Labute approximate surface area is 156 Å². The van der Waals surface area contributed by atoms with Gasteiger partial charge in [-0.25, -0.2) is 0 Å². The molecule has 4 rings (SSSR count). The zero-order chi connectivity index (χ0) is 18.8. The predicted molar refractivity (Wildman–Crippen MR) is 107 cm³/mol. The first-order chi connectivity index (χ1) is 13.1. The number of fused-ring (bicyclic) bond motifs is 1. The minimum atomic E-state index is -0.401. The van der Waals surface area contributed by atoms with E-state index >= 15 is 0 Å². The monoisotopic (exact) mass is 360 g/mol. The molecule has 0 atom stereocenters. The van der Waals surface area contributed by atoms with E-state index in [9.17, 15) is 4.79 Å². The lowest BCUT2D eigenvalue weighted by Gasteiger charge is -2.16. The van der Waals surface area contributed by atoms with Crippen molar-refractivity contribution in [3.8, 4) is 5.75 Å². The van der Waals surface area contributed by atoms with E-state index in [1.54, 1.807) is 6.20 Å². The SMILES string of the molecule is COc1cn(Cc2ccccc2)c(Nc2cc(C)cc3[nH]ccc23)nc1=O. The lowest BCUT2D eigenvalue weighted by atomic mass is 10.1. The van der Waals surface area contributed by atoms with Crippen LogP contribution >= 0.6 is 0 Å². The van der Waals surface area contributed by atoms with Gasteiger partial charge >= 0.3 is 5.56 Å². The largest absolute Gasteiger partial charge is 0.490 e. The Morgan fingerprint density at radius 2 is 2.00 bits per heavy atom. The van der Waals surface area contributed by atoms with Gasteiger partial charge in [-0.1, -0.05) is 30.3 Å². The summed E-state index contributed by atoms with van der Waals surface area (Å²) >= 11 is 0. The highest BCUT2D eigenvalue weighted by Crippen LogP contribution is 2.27. The van der Waals surface area contributed by atoms with Crippen LogP contribution in [0.2, 0.25) is 0 Å². The van der Waals surface area contributed by atoms with Crippen molar-refractivity contribution in [1.82, 2.24) is 14.5 Å². The smallest absolute Gasteiger partial charge is 0.316 e. The number of methoxy groups -OCH3 is 1. The first kappa shape index (κ1) is 16.9. The van der Waals surface area contributed by atoms with Crippen molar-refractivity contribution < 1.29 is 4.74 Å². The van der Waals surface area contributed by atoms with Gasteiger partial charge in [0.15, 0.2) is 0 Å². The van der Waals surface area contributed by atoms with Gasteiger partial charge in [0.1, 0.15) is 0 Å². The van der Waals surface area contributed by atoms with Crippen molar-refractivity contribution in [1.29, 1.82) is 0 Å². The topological polar surface area (TPSA) is 71.9 Å². The van der Waals surface area contributed by atoms with Gasteiger partial charge in [-0.15, -0.1) is 0 Å². The predicted octanol–water partition coefficient (Wildman–Crippen LogP) is 3.83. The van der Waals surface area contributed by atoms with Gasteiger partial charge in [0.2, 0.25) is 11.7 Å². The van der Waals surface area contributed by atoms with E-state index in [1.807, 2.05) is 60.2 Å². The second-order valence-corrected chi connectivity index (χ2v) is 6.43. The number of anilines is 2. The third-order valence-electron chi connectivity index (χ3n) is 4.44. The fraction of sp³-hybridized carbons (Fsp3) is 0.143. The third kappa shape index (κ3) is 3.42. The standard InChI is InChI=1S/C21H20N4O2/c1-14-10-17-16(8-9-22-17)18(11-14)23-21-24-20(26)19(27-2)13-25(21)12-15-6-4-3-5-7-15/h3-11,13,22H,12H2,1-2H3,(H,23,24,26). The lowest BCUT2D eigenvalue weighted by Crippen LogP contribution is -2.18. The molecule has 0 aliphatic carbocycles. The fourth-order valence-corrected chi connectivity index (χ4v) is 3.15. The van der Waals surface area contributed by atoms with E-state index in [0.29, 0.717) is 12.5 Å². The maximum absolute atomic E-state index is 12.3. The first-order valence-electron chi connectivity index (χ1n) is 8.68. The number of aromatic nitrogens is 3. The molecule has 0 unspecified atom stereocenters. The van der Waals surface area contributed by atoms with Crippen molar-refractivity contribution in [3.05, 3.63) is 82.4 Å². The van der Waals surface area contributed by atoms with Crippen LogP contribution in [-0.4, -0.2) is 21.6 Å². The molecule has 0 aliphatic rings. The van der Waals surface area contributed by atoms with Crippen LogP contribution in [0.5, 0.6) is 5.75 Å². The van der Waals surface area contributed by atoms with Crippen LogP contribution in [0.4, 0.5) is 11.6 Å². The third-order valence-corrected chi connectivity index (χ3v) is 4.44. The molecule has 2 heterocycles. The molecule has 0 bridgehead atoms. The number of aryl methyl sites for hydroxylation is 1. The highest BCUT2D eigenvalue weighted by Gasteiger charge is 2.12. The zero-order valence-electron chi connectivity index (χ0n) is 15.2. The molecule has 2 N–H and O–H groups in total. The molecular weight excluding hydrogens is 340 g/mol. The number of aromatic amines is 1. The minimum Gasteiger partial charge on any atom is -0.490 e. The summed E-state index contributed by atoms with van der Waals surface area (Å²) < 4.78 is 7.06. The summed E-state index contributed by atoms with van der Waals surface area (Å²) in [6.45, 7) is 2.60. The number of benzene rings is 2. The molecule has 0 amide bonds.